The molecule has 1 N–H and O–H groups in total. The minimum atomic E-state index is 0.879. The molecule has 2 heterocycles. The number of thiophene rings is 1. The Morgan fingerprint density at radius 1 is 1.25 bits per heavy atom. The molecule has 3 heteroatoms. The van der Waals surface area contributed by atoms with Crippen LogP contribution in [0.1, 0.15) is 53.8 Å². The molecule has 2 aliphatic rings. The number of rotatable bonds is 4. The summed E-state index contributed by atoms with van der Waals surface area (Å²) in [6, 6.07) is 3.31. The predicted molar refractivity (Wildman–Crippen MR) is 87.2 cm³/mol. The Morgan fingerprint density at radius 3 is 2.90 bits per heavy atom. The van der Waals surface area contributed by atoms with Gasteiger partial charge in [0.15, 0.2) is 0 Å². The molecule has 0 radical (unpaired) electrons. The van der Waals surface area contributed by atoms with Gasteiger partial charge in [0.1, 0.15) is 0 Å². The van der Waals surface area contributed by atoms with Crippen molar-refractivity contribution < 1.29 is 0 Å². The van der Waals surface area contributed by atoms with Crippen LogP contribution in [0, 0.1) is 12.8 Å². The summed E-state index contributed by atoms with van der Waals surface area (Å²) in [6.07, 6.45) is 8.73. The van der Waals surface area contributed by atoms with Crippen LogP contribution in [0.4, 0.5) is 0 Å². The normalized spacial score (nSPS) is 27.5. The lowest BCUT2D eigenvalue weighted by atomic mass is 9.78. The first-order valence-electron chi connectivity index (χ1n) is 8.24. The monoisotopic (exact) mass is 292 g/mol. The Kier molecular flexibility index (Phi) is 4.79. The number of likely N-dealkylation sites (tertiary alicyclic amines) is 1. The van der Waals surface area contributed by atoms with Crippen LogP contribution in [-0.4, -0.2) is 24.5 Å². The zero-order chi connectivity index (χ0) is 13.9. The summed E-state index contributed by atoms with van der Waals surface area (Å²) < 4.78 is 0. The Balaban J connectivity index is 1.69. The first kappa shape index (κ1) is 14.6. The highest BCUT2D eigenvalue weighted by Gasteiger charge is 2.33. The zero-order valence-electron chi connectivity index (χ0n) is 13.0. The smallest absolute Gasteiger partial charge is 0.0296 e. The maximum absolute atomic E-state index is 3.27. The van der Waals surface area contributed by atoms with Crippen molar-refractivity contribution in [3.8, 4) is 0 Å². The van der Waals surface area contributed by atoms with Crippen molar-refractivity contribution in [3.05, 3.63) is 21.4 Å². The molecular weight excluding hydrogens is 264 g/mol. The van der Waals surface area contributed by atoms with Crippen molar-refractivity contribution in [2.75, 3.05) is 13.6 Å². The van der Waals surface area contributed by atoms with Crippen molar-refractivity contribution in [1.82, 2.24) is 10.2 Å². The Bertz CT molecular complexity index is 438. The van der Waals surface area contributed by atoms with Crippen molar-refractivity contribution in [2.24, 2.45) is 5.92 Å². The zero-order valence-corrected chi connectivity index (χ0v) is 13.8. The van der Waals surface area contributed by atoms with Gasteiger partial charge >= 0.3 is 0 Å². The summed E-state index contributed by atoms with van der Waals surface area (Å²) in [5.74, 6) is 0.994. The van der Waals surface area contributed by atoms with E-state index in [1.54, 1.807) is 5.56 Å². The average molecular weight is 292 g/mol. The highest BCUT2D eigenvalue weighted by atomic mass is 32.1. The van der Waals surface area contributed by atoms with E-state index >= 15 is 0 Å². The minimum Gasteiger partial charge on any atom is -0.315 e. The van der Waals surface area contributed by atoms with Crippen LogP contribution < -0.4 is 5.32 Å². The van der Waals surface area contributed by atoms with Gasteiger partial charge < -0.3 is 5.32 Å². The maximum Gasteiger partial charge on any atom is 0.0296 e. The lowest BCUT2D eigenvalue weighted by Gasteiger charge is -2.44. The van der Waals surface area contributed by atoms with E-state index in [-0.39, 0.29) is 0 Å². The van der Waals surface area contributed by atoms with Crippen molar-refractivity contribution in [3.63, 3.8) is 0 Å². The summed E-state index contributed by atoms with van der Waals surface area (Å²) in [5.41, 5.74) is 1.58. The summed E-state index contributed by atoms with van der Waals surface area (Å²) in [4.78, 5) is 5.80. The van der Waals surface area contributed by atoms with Gasteiger partial charge in [0.2, 0.25) is 0 Å². The number of piperidine rings is 1. The van der Waals surface area contributed by atoms with E-state index in [2.05, 4.69) is 23.2 Å². The second-order valence-corrected chi connectivity index (χ2v) is 7.89. The largest absolute Gasteiger partial charge is 0.315 e. The molecule has 0 bridgehead atoms. The average Bonchev–Trinajstić information content (AvgIpc) is 2.80. The van der Waals surface area contributed by atoms with Crippen LogP contribution in [0.2, 0.25) is 0 Å². The molecule has 0 amide bonds. The number of nitrogens with zero attached hydrogens (tertiary/aromatic N) is 1. The molecule has 2 atom stereocenters. The van der Waals surface area contributed by atoms with E-state index in [4.69, 9.17) is 0 Å². The topological polar surface area (TPSA) is 15.3 Å². The predicted octanol–water partition coefficient (Wildman–Crippen LogP) is 3.93. The van der Waals surface area contributed by atoms with Gasteiger partial charge in [0.05, 0.1) is 0 Å². The van der Waals surface area contributed by atoms with E-state index in [0.717, 1.165) is 18.5 Å². The second kappa shape index (κ2) is 6.59. The van der Waals surface area contributed by atoms with Crippen LogP contribution in [0.15, 0.2) is 6.07 Å². The molecule has 112 valence electrons. The van der Waals surface area contributed by atoms with Crippen molar-refractivity contribution >= 4 is 11.3 Å². The fourth-order valence-corrected chi connectivity index (χ4v) is 5.21. The molecule has 1 aromatic heterocycles. The standard InChI is InChI=1S/C17H28N2S/c1-13-15(10-16(20-13)11-18-2)12-19-9-5-7-14-6-3-4-8-17(14)19/h10,14,17-18H,3-9,11-12H2,1-2H3/t14-,17-/m1/s1. The number of hydrogen-bond acceptors (Lipinski definition) is 3. The Morgan fingerprint density at radius 2 is 2.05 bits per heavy atom. The van der Waals surface area contributed by atoms with Crippen molar-refractivity contribution in [2.45, 2.75) is 64.6 Å². The molecule has 2 nitrogen and oxygen atoms in total. The Hall–Kier alpha value is -0.380. The van der Waals surface area contributed by atoms with E-state index in [9.17, 15) is 0 Å². The molecule has 20 heavy (non-hydrogen) atoms. The third-order valence-electron chi connectivity index (χ3n) is 5.15. The third kappa shape index (κ3) is 3.10. The lowest BCUT2D eigenvalue weighted by Crippen LogP contribution is -2.46. The maximum atomic E-state index is 3.27. The summed E-state index contributed by atoms with van der Waals surface area (Å²) in [7, 11) is 2.03. The molecule has 3 rings (SSSR count). The number of nitrogens with one attached hydrogen (secondary N) is 1. The number of fused-ring (bicyclic) bond motifs is 1. The lowest BCUT2D eigenvalue weighted by molar-refractivity contribution is 0.0547. The van der Waals surface area contributed by atoms with Gasteiger partial charge in [-0.15, -0.1) is 11.3 Å². The molecule has 1 saturated heterocycles. The van der Waals surface area contributed by atoms with Gasteiger partial charge in [-0.3, -0.25) is 4.90 Å². The molecular formula is C17H28N2S. The van der Waals surface area contributed by atoms with Crippen LogP contribution in [0.3, 0.4) is 0 Å². The number of hydrogen-bond donors (Lipinski definition) is 1. The molecule has 1 saturated carbocycles. The quantitative estimate of drug-likeness (QED) is 0.904. The first-order valence-corrected chi connectivity index (χ1v) is 9.06. The van der Waals surface area contributed by atoms with Gasteiger partial charge in [0, 0.05) is 28.9 Å². The molecule has 0 unspecified atom stereocenters. The molecule has 1 aliphatic carbocycles. The molecule has 0 spiro atoms. The van der Waals surface area contributed by atoms with Gasteiger partial charge in [-0.1, -0.05) is 12.8 Å². The molecule has 1 aliphatic heterocycles. The van der Waals surface area contributed by atoms with E-state index < -0.39 is 0 Å². The Labute approximate surface area is 127 Å². The fourth-order valence-electron chi connectivity index (χ4n) is 4.15. The van der Waals surface area contributed by atoms with E-state index in [0.29, 0.717) is 0 Å². The fraction of sp³-hybridized carbons (Fsp3) is 0.765. The van der Waals surface area contributed by atoms with Crippen LogP contribution in [0.5, 0.6) is 0 Å². The highest BCUT2D eigenvalue weighted by Crippen LogP contribution is 2.36. The van der Waals surface area contributed by atoms with Gasteiger partial charge in [-0.05, 0) is 63.7 Å². The van der Waals surface area contributed by atoms with E-state index in [1.807, 2.05) is 18.4 Å². The highest BCUT2D eigenvalue weighted by molar-refractivity contribution is 7.12. The van der Waals surface area contributed by atoms with Gasteiger partial charge in [-0.2, -0.15) is 0 Å². The molecule has 1 aromatic rings. The third-order valence-corrected chi connectivity index (χ3v) is 6.25. The van der Waals surface area contributed by atoms with Crippen LogP contribution in [0.25, 0.3) is 0 Å². The van der Waals surface area contributed by atoms with E-state index in [1.165, 1.54) is 61.4 Å². The van der Waals surface area contributed by atoms with Crippen LogP contribution in [-0.2, 0) is 13.1 Å². The number of aryl methyl sites for hydroxylation is 1. The summed E-state index contributed by atoms with van der Waals surface area (Å²) in [6.45, 7) is 5.81. The first-order chi connectivity index (χ1) is 9.78. The molecule has 2 fully saturated rings. The second-order valence-electron chi connectivity index (χ2n) is 6.55. The summed E-state index contributed by atoms with van der Waals surface area (Å²) >= 11 is 1.97. The van der Waals surface area contributed by atoms with Crippen molar-refractivity contribution in [1.29, 1.82) is 0 Å². The molecule has 0 aromatic carbocycles. The SMILES string of the molecule is CNCc1cc(CN2CCC[C@H]3CCCC[C@H]32)c(C)s1. The minimum absolute atomic E-state index is 0.879. The van der Waals surface area contributed by atoms with Crippen LogP contribution >= 0.6 is 11.3 Å². The van der Waals surface area contributed by atoms with Gasteiger partial charge in [0.25, 0.3) is 0 Å². The summed E-state index contributed by atoms with van der Waals surface area (Å²) in [5, 5.41) is 3.27. The van der Waals surface area contributed by atoms with Gasteiger partial charge in [-0.25, -0.2) is 0 Å².